The Morgan fingerprint density at radius 3 is 3.00 bits per heavy atom. The molecule has 1 aliphatic rings. The minimum absolute atomic E-state index is 0.127. The van der Waals surface area contributed by atoms with E-state index in [1.807, 2.05) is 12.1 Å². The number of fused-ring (bicyclic) bond motifs is 1. The third kappa shape index (κ3) is 3.37. The Morgan fingerprint density at radius 1 is 1.38 bits per heavy atom. The summed E-state index contributed by atoms with van der Waals surface area (Å²) in [5, 5.41) is 11.5. The van der Waals surface area contributed by atoms with Crippen LogP contribution in [0.1, 0.15) is 5.56 Å². The van der Waals surface area contributed by atoms with Crippen molar-refractivity contribution in [1.82, 2.24) is 9.88 Å². The van der Waals surface area contributed by atoms with E-state index in [2.05, 4.69) is 14.9 Å². The maximum absolute atomic E-state index is 9.96. The van der Waals surface area contributed by atoms with E-state index in [-0.39, 0.29) is 5.88 Å². The van der Waals surface area contributed by atoms with Crippen LogP contribution >= 0.6 is 11.6 Å². The normalized spacial score (nSPS) is 17.0. The van der Waals surface area contributed by atoms with Crippen molar-refractivity contribution in [3.8, 4) is 5.88 Å². The fraction of sp³-hybridized carbons (Fsp3) is 0.400. The molecule has 1 aromatic carbocycles. The zero-order chi connectivity index (χ0) is 14.7. The van der Waals surface area contributed by atoms with Gasteiger partial charge in [-0.05, 0) is 12.1 Å². The number of rotatable bonds is 4. The summed E-state index contributed by atoms with van der Waals surface area (Å²) < 4.78 is 5.31. The van der Waals surface area contributed by atoms with Gasteiger partial charge in [-0.1, -0.05) is 17.7 Å². The zero-order valence-corrected chi connectivity index (χ0v) is 12.4. The maximum Gasteiger partial charge on any atom is 0.198 e. The van der Waals surface area contributed by atoms with Crippen molar-refractivity contribution in [3.63, 3.8) is 0 Å². The molecule has 0 unspecified atom stereocenters. The van der Waals surface area contributed by atoms with Gasteiger partial charge in [0, 0.05) is 36.3 Å². The third-order valence-electron chi connectivity index (χ3n) is 3.65. The molecule has 1 aromatic heterocycles. The lowest BCUT2D eigenvalue weighted by Crippen LogP contribution is -2.37. The first-order valence-corrected chi connectivity index (χ1v) is 7.42. The fourth-order valence-electron chi connectivity index (χ4n) is 2.49. The Morgan fingerprint density at radius 2 is 2.19 bits per heavy atom. The zero-order valence-electron chi connectivity index (χ0n) is 11.7. The molecular weight excluding hydrogens is 290 g/mol. The summed E-state index contributed by atoms with van der Waals surface area (Å²) in [6.45, 7) is 5.15. The second-order valence-electron chi connectivity index (χ2n) is 5.07. The fourth-order valence-corrected chi connectivity index (χ4v) is 2.66. The third-order valence-corrected chi connectivity index (χ3v) is 3.88. The maximum atomic E-state index is 9.96. The van der Waals surface area contributed by atoms with Crippen LogP contribution in [0.4, 0.5) is 0 Å². The molecular formula is C15H18ClN3O2. The van der Waals surface area contributed by atoms with Crippen molar-refractivity contribution >= 4 is 28.7 Å². The molecule has 0 radical (unpaired) electrons. The van der Waals surface area contributed by atoms with Gasteiger partial charge in [-0.2, -0.15) is 0 Å². The Labute approximate surface area is 128 Å². The summed E-state index contributed by atoms with van der Waals surface area (Å²) >= 11 is 5.94. The topological polar surface area (TPSA) is 60.8 Å². The van der Waals surface area contributed by atoms with Crippen LogP contribution in [-0.2, 0) is 4.74 Å². The second kappa shape index (κ2) is 6.47. The molecule has 1 fully saturated rings. The molecule has 2 heterocycles. The van der Waals surface area contributed by atoms with Crippen molar-refractivity contribution in [2.24, 2.45) is 4.99 Å². The molecule has 0 spiro atoms. The number of benzene rings is 1. The highest BCUT2D eigenvalue weighted by atomic mass is 35.5. The van der Waals surface area contributed by atoms with E-state index in [0.29, 0.717) is 17.1 Å². The summed E-state index contributed by atoms with van der Waals surface area (Å²) in [7, 11) is 0. The van der Waals surface area contributed by atoms with Gasteiger partial charge in [0.25, 0.3) is 0 Å². The summed E-state index contributed by atoms with van der Waals surface area (Å²) in [5.41, 5.74) is 1.53. The number of ether oxygens (including phenoxy) is 1. The van der Waals surface area contributed by atoms with E-state index in [1.165, 1.54) is 0 Å². The summed E-state index contributed by atoms with van der Waals surface area (Å²) in [5.74, 6) is 0.127. The highest BCUT2D eigenvalue weighted by Gasteiger charge is 2.10. The SMILES string of the molecule is Oc1[nH]c2cc(Cl)ccc2c1C=NCCN1CCOCC1. The Hall–Kier alpha value is -1.56. The van der Waals surface area contributed by atoms with Crippen molar-refractivity contribution in [1.29, 1.82) is 0 Å². The molecule has 0 bridgehead atoms. The molecule has 0 saturated carbocycles. The van der Waals surface area contributed by atoms with Crippen LogP contribution in [0.15, 0.2) is 23.2 Å². The summed E-state index contributed by atoms with van der Waals surface area (Å²) in [4.78, 5) is 9.66. The summed E-state index contributed by atoms with van der Waals surface area (Å²) in [6.07, 6.45) is 1.72. The number of hydrogen-bond donors (Lipinski definition) is 2. The Bertz CT molecular complexity index is 648. The highest BCUT2D eigenvalue weighted by Crippen LogP contribution is 2.27. The number of aromatic hydroxyl groups is 1. The quantitative estimate of drug-likeness (QED) is 0.852. The number of aromatic amines is 1. The van der Waals surface area contributed by atoms with Crippen LogP contribution < -0.4 is 0 Å². The van der Waals surface area contributed by atoms with Gasteiger partial charge in [0.1, 0.15) is 0 Å². The molecule has 1 saturated heterocycles. The standard InChI is InChI=1S/C15H18ClN3O2/c16-11-1-2-12-13(15(20)18-14(12)9-11)10-17-3-4-19-5-7-21-8-6-19/h1-2,9-10,18,20H,3-8H2. The highest BCUT2D eigenvalue weighted by molar-refractivity contribution is 6.31. The van der Waals surface area contributed by atoms with Crippen LogP contribution in [0.3, 0.4) is 0 Å². The van der Waals surface area contributed by atoms with E-state index in [9.17, 15) is 5.11 Å². The number of nitrogens with zero attached hydrogens (tertiary/aromatic N) is 2. The molecule has 112 valence electrons. The predicted molar refractivity (Wildman–Crippen MR) is 84.7 cm³/mol. The Balaban J connectivity index is 1.66. The number of morpholine rings is 1. The molecule has 2 N–H and O–H groups in total. The van der Waals surface area contributed by atoms with Crippen LogP contribution in [0.25, 0.3) is 10.9 Å². The van der Waals surface area contributed by atoms with Crippen molar-refractivity contribution in [2.45, 2.75) is 0 Å². The second-order valence-corrected chi connectivity index (χ2v) is 5.50. The van der Waals surface area contributed by atoms with E-state index < -0.39 is 0 Å². The Kier molecular flexibility index (Phi) is 4.43. The average molecular weight is 308 g/mol. The van der Waals surface area contributed by atoms with Crippen molar-refractivity contribution in [2.75, 3.05) is 39.4 Å². The van der Waals surface area contributed by atoms with Crippen molar-refractivity contribution < 1.29 is 9.84 Å². The smallest absolute Gasteiger partial charge is 0.198 e. The lowest BCUT2D eigenvalue weighted by molar-refractivity contribution is 0.0395. The van der Waals surface area contributed by atoms with Gasteiger partial charge in [0.2, 0.25) is 0 Å². The number of aliphatic imine (C=N–C) groups is 1. The molecule has 0 aliphatic carbocycles. The first-order valence-electron chi connectivity index (χ1n) is 7.04. The molecule has 5 nitrogen and oxygen atoms in total. The van der Waals surface area contributed by atoms with E-state index in [1.54, 1.807) is 12.3 Å². The van der Waals surface area contributed by atoms with Gasteiger partial charge in [-0.15, -0.1) is 0 Å². The molecule has 21 heavy (non-hydrogen) atoms. The predicted octanol–water partition coefficient (Wildman–Crippen LogP) is 2.28. The van der Waals surface area contributed by atoms with Gasteiger partial charge < -0.3 is 14.8 Å². The van der Waals surface area contributed by atoms with E-state index in [4.69, 9.17) is 16.3 Å². The molecule has 0 atom stereocenters. The lowest BCUT2D eigenvalue weighted by Gasteiger charge is -2.25. The minimum Gasteiger partial charge on any atom is -0.494 e. The van der Waals surface area contributed by atoms with E-state index >= 15 is 0 Å². The van der Waals surface area contributed by atoms with E-state index in [0.717, 1.165) is 43.8 Å². The van der Waals surface area contributed by atoms with Gasteiger partial charge in [0.15, 0.2) is 5.88 Å². The minimum atomic E-state index is 0.127. The van der Waals surface area contributed by atoms with Crippen LogP contribution in [0.5, 0.6) is 5.88 Å². The van der Waals surface area contributed by atoms with Crippen LogP contribution in [-0.4, -0.2) is 60.6 Å². The number of hydrogen-bond acceptors (Lipinski definition) is 4. The lowest BCUT2D eigenvalue weighted by atomic mass is 10.2. The first kappa shape index (κ1) is 14.4. The van der Waals surface area contributed by atoms with Crippen molar-refractivity contribution in [3.05, 3.63) is 28.8 Å². The largest absolute Gasteiger partial charge is 0.494 e. The molecule has 0 amide bonds. The van der Waals surface area contributed by atoms with Gasteiger partial charge in [-0.3, -0.25) is 9.89 Å². The number of nitrogens with one attached hydrogen (secondary N) is 1. The summed E-state index contributed by atoms with van der Waals surface area (Å²) in [6, 6.07) is 5.49. The van der Waals surface area contributed by atoms with Gasteiger partial charge >= 0.3 is 0 Å². The molecule has 6 heteroatoms. The van der Waals surface area contributed by atoms with Crippen LogP contribution in [0, 0.1) is 0 Å². The average Bonchev–Trinajstić information content (AvgIpc) is 2.79. The number of halogens is 1. The van der Waals surface area contributed by atoms with Gasteiger partial charge in [0.05, 0.1) is 30.8 Å². The number of aromatic nitrogens is 1. The number of H-pyrrole nitrogens is 1. The molecule has 3 rings (SSSR count). The van der Waals surface area contributed by atoms with Gasteiger partial charge in [-0.25, -0.2) is 0 Å². The first-order chi connectivity index (χ1) is 10.2. The molecule has 2 aromatic rings. The van der Waals surface area contributed by atoms with Crippen LogP contribution in [0.2, 0.25) is 5.02 Å². The monoisotopic (exact) mass is 307 g/mol. The molecule has 1 aliphatic heterocycles.